The maximum Gasteiger partial charge on any atom is 0.0743 e. The van der Waals surface area contributed by atoms with Crippen molar-refractivity contribution in [1.29, 1.82) is 0 Å². The minimum atomic E-state index is 0. The van der Waals surface area contributed by atoms with Gasteiger partial charge in [0.15, 0.2) is 0 Å². The molecule has 1 aromatic carbocycles. The average molecular weight is 239 g/mol. The van der Waals surface area contributed by atoms with Gasteiger partial charge < -0.3 is 9.47 Å². The molecule has 0 aliphatic rings. The van der Waals surface area contributed by atoms with Gasteiger partial charge in [0.1, 0.15) is 0 Å². The van der Waals surface area contributed by atoms with E-state index in [-0.39, 0.29) is 31.9 Å². The molecule has 0 aliphatic heterocycles. The molecule has 0 atom stereocenters. The van der Waals surface area contributed by atoms with Gasteiger partial charge in [-0.05, 0) is 0 Å². The zero-order chi connectivity index (χ0) is 7.40. The Bertz CT molecular complexity index is 178. The summed E-state index contributed by atoms with van der Waals surface area (Å²) in [7, 11) is 3.23. The fourth-order valence-electron chi connectivity index (χ4n) is 0.650. The van der Waals surface area contributed by atoms with E-state index in [0.29, 0.717) is 0 Å². The van der Waals surface area contributed by atoms with Crippen LogP contribution in [0.3, 0.4) is 0 Å². The summed E-state index contributed by atoms with van der Waals surface area (Å²) in [4.78, 5) is 0. The minimum Gasteiger partial charge on any atom is -0.554 e. The largest absolute Gasteiger partial charge is 0.554 e. The van der Waals surface area contributed by atoms with Crippen molar-refractivity contribution in [2.24, 2.45) is 0 Å². The molecule has 0 spiro atoms. The summed E-state index contributed by atoms with van der Waals surface area (Å²) in [6.45, 7) is 0. The van der Waals surface area contributed by atoms with Gasteiger partial charge in [-0.25, -0.2) is 0 Å². The molecule has 1 rings (SSSR count). The van der Waals surface area contributed by atoms with Crippen LogP contribution in [0.5, 0.6) is 11.5 Å². The number of halogens is 1. The molecule has 12 heavy (non-hydrogen) atoms. The Labute approximate surface area is 91.4 Å². The maximum atomic E-state index is 4.93. The summed E-state index contributed by atoms with van der Waals surface area (Å²) < 4.78 is 9.83. The van der Waals surface area contributed by atoms with E-state index in [1.807, 2.05) is 6.07 Å². The quantitative estimate of drug-likeness (QED) is 0.579. The first-order valence-electron chi connectivity index (χ1n) is 2.96. The smallest absolute Gasteiger partial charge is 0.0743 e. The molecule has 0 saturated carbocycles. The van der Waals surface area contributed by atoms with Gasteiger partial charge in [0.25, 0.3) is 0 Å². The fraction of sp³-hybridized carbons (Fsp3) is 0.250. The van der Waals surface area contributed by atoms with E-state index in [2.05, 4.69) is 6.07 Å². The number of rotatable bonds is 2. The molecule has 0 N–H and O–H groups in total. The monoisotopic (exact) mass is 237 g/mol. The van der Waals surface area contributed by atoms with Crippen molar-refractivity contribution in [1.82, 2.24) is 0 Å². The molecular formula is C8H10ClO2Zn-. The Morgan fingerprint density at radius 1 is 1.17 bits per heavy atom. The maximum absolute atomic E-state index is 4.93. The molecule has 64 valence electrons. The van der Waals surface area contributed by atoms with Gasteiger partial charge in [-0.1, -0.05) is 0 Å². The Balaban J connectivity index is 0. The number of benzene rings is 1. The third kappa shape index (κ3) is 3.94. The molecule has 0 aromatic heterocycles. The Morgan fingerprint density at radius 2 is 1.83 bits per heavy atom. The number of hydrogen-bond donors (Lipinski definition) is 0. The molecule has 0 amide bonds. The predicted octanol–water partition coefficient (Wildman–Crippen LogP) is 1.92. The van der Waals surface area contributed by atoms with Gasteiger partial charge >= 0.3 is 0 Å². The average Bonchev–Trinajstić information content (AvgIpc) is 2.05. The third-order valence-electron chi connectivity index (χ3n) is 1.21. The van der Waals surface area contributed by atoms with Crippen LogP contribution in [0.1, 0.15) is 0 Å². The molecule has 0 bridgehead atoms. The summed E-state index contributed by atoms with van der Waals surface area (Å²) in [5.41, 5.74) is 0. The van der Waals surface area contributed by atoms with E-state index in [1.165, 1.54) is 0 Å². The third-order valence-corrected chi connectivity index (χ3v) is 1.21. The van der Waals surface area contributed by atoms with Gasteiger partial charge in [0, 0.05) is 31.0 Å². The molecule has 0 saturated heterocycles. The van der Waals surface area contributed by atoms with Gasteiger partial charge in [-0.15, -0.1) is 36.7 Å². The van der Waals surface area contributed by atoms with E-state index in [9.17, 15) is 0 Å². The Hall–Kier alpha value is -0.267. The molecule has 2 nitrogen and oxygen atoms in total. The van der Waals surface area contributed by atoms with Crippen molar-refractivity contribution >= 4 is 12.4 Å². The molecule has 0 aliphatic carbocycles. The van der Waals surface area contributed by atoms with Crippen molar-refractivity contribution in [3.63, 3.8) is 0 Å². The van der Waals surface area contributed by atoms with Crippen LogP contribution in [0.25, 0.3) is 0 Å². The van der Waals surface area contributed by atoms with Gasteiger partial charge in [0.2, 0.25) is 0 Å². The zero-order valence-corrected chi connectivity index (χ0v) is 10.9. The molecule has 4 heteroatoms. The SMILES string of the molecule is COc1[c-]cc(OC)cc1.Cl.[Zn]. The van der Waals surface area contributed by atoms with Crippen LogP contribution in [-0.4, -0.2) is 14.2 Å². The van der Waals surface area contributed by atoms with Crippen LogP contribution < -0.4 is 9.47 Å². The van der Waals surface area contributed by atoms with Crippen molar-refractivity contribution in [2.45, 2.75) is 0 Å². The normalized spacial score (nSPS) is 7.50. The van der Waals surface area contributed by atoms with Gasteiger partial charge in [-0.2, -0.15) is 0 Å². The number of methoxy groups -OCH3 is 2. The predicted molar refractivity (Wildman–Crippen MR) is 45.6 cm³/mol. The van der Waals surface area contributed by atoms with E-state index in [1.54, 1.807) is 26.4 Å². The van der Waals surface area contributed by atoms with Crippen molar-refractivity contribution < 1.29 is 29.0 Å². The minimum absolute atomic E-state index is 0. The molecule has 0 fully saturated rings. The standard InChI is InChI=1S/C8H9O2.ClH.Zn/c1-9-7-3-5-8(10-2)6-4-7;;/h3-5H,1-2H3;1H;/q-1;;. The van der Waals surface area contributed by atoms with Crippen LogP contribution in [-0.2, 0) is 19.5 Å². The van der Waals surface area contributed by atoms with Crippen molar-refractivity contribution in [3.05, 3.63) is 24.3 Å². The first kappa shape index (κ1) is 14.3. The van der Waals surface area contributed by atoms with Gasteiger partial charge in [-0.3, -0.25) is 0 Å². The van der Waals surface area contributed by atoms with Gasteiger partial charge in [0.05, 0.1) is 14.2 Å². The summed E-state index contributed by atoms with van der Waals surface area (Å²) in [5.74, 6) is 1.52. The Kier molecular flexibility index (Phi) is 8.78. The van der Waals surface area contributed by atoms with Crippen molar-refractivity contribution in [3.8, 4) is 11.5 Å². The van der Waals surface area contributed by atoms with E-state index in [4.69, 9.17) is 9.47 Å². The van der Waals surface area contributed by atoms with Crippen LogP contribution in [0.4, 0.5) is 0 Å². The molecular weight excluding hydrogens is 229 g/mol. The van der Waals surface area contributed by atoms with Crippen LogP contribution in [0.2, 0.25) is 0 Å². The number of ether oxygens (including phenoxy) is 2. The summed E-state index contributed by atoms with van der Waals surface area (Å²) in [6, 6.07) is 8.26. The topological polar surface area (TPSA) is 18.5 Å². The Morgan fingerprint density at radius 3 is 2.17 bits per heavy atom. The second-order valence-electron chi connectivity index (χ2n) is 1.80. The van der Waals surface area contributed by atoms with E-state index >= 15 is 0 Å². The van der Waals surface area contributed by atoms with Crippen molar-refractivity contribution in [2.75, 3.05) is 14.2 Å². The second kappa shape index (κ2) is 7.39. The summed E-state index contributed by atoms with van der Waals surface area (Å²) >= 11 is 0. The molecule has 0 radical (unpaired) electrons. The molecule has 1 aromatic rings. The summed E-state index contributed by atoms with van der Waals surface area (Å²) in [5, 5.41) is 0. The zero-order valence-electron chi connectivity index (χ0n) is 7.16. The van der Waals surface area contributed by atoms with Crippen LogP contribution >= 0.6 is 12.4 Å². The fourth-order valence-corrected chi connectivity index (χ4v) is 0.650. The van der Waals surface area contributed by atoms with E-state index < -0.39 is 0 Å². The second-order valence-corrected chi connectivity index (χ2v) is 1.80. The molecule has 0 unspecified atom stereocenters. The first-order valence-corrected chi connectivity index (χ1v) is 2.96. The molecule has 0 heterocycles. The van der Waals surface area contributed by atoms with Crippen LogP contribution in [0, 0.1) is 6.07 Å². The van der Waals surface area contributed by atoms with Crippen LogP contribution in [0.15, 0.2) is 18.2 Å². The van der Waals surface area contributed by atoms with E-state index in [0.717, 1.165) is 11.5 Å². The first-order chi connectivity index (χ1) is 4.86. The number of hydrogen-bond acceptors (Lipinski definition) is 2. The summed E-state index contributed by atoms with van der Waals surface area (Å²) in [6.07, 6.45) is 0.